The fourth-order valence-corrected chi connectivity index (χ4v) is 5.01. The van der Waals surface area contributed by atoms with Crippen molar-refractivity contribution in [3.63, 3.8) is 0 Å². The number of nitrogen functional groups attached to an aromatic ring is 1. The van der Waals surface area contributed by atoms with E-state index >= 15 is 0 Å². The minimum Gasteiger partial charge on any atom is -0.475 e. The third-order valence-electron chi connectivity index (χ3n) is 5.90. The van der Waals surface area contributed by atoms with Crippen LogP contribution in [0.3, 0.4) is 0 Å². The number of carboxylic acids is 1. The lowest BCUT2D eigenvalue weighted by Gasteiger charge is -2.28. The van der Waals surface area contributed by atoms with Crippen LogP contribution in [0.4, 0.5) is 19.1 Å². The largest absolute Gasteiger partial charge is 0.490 e. The number of hydrogen-bond donors (Lipinski definition) is 4. The molecule has 5 rings (SSSR count). The van der Waals surface area contributed by atoms with Gasteiger partial charge >= 0.3 is 12.1 Å². The summed E-state index contributed by atoms with van der Waals surface area (Å²) in [4.78, 5) is 24.9. The van der Waals surface area contributed by atoms with E-state index in [0.29, 0.717) is 12.0 Å². The van der Waals surface area contributed by atoms with Gasteiger partial charge in [0.1, 0.15) is 12.0 Å². The molecule has 1 aliphatic carbocycles. The first kappa shape index (κ1) is 25.5. The smallest absolute Gasteiger partial charge is 0.475 e. The van der Waals surface area contributed by atoms with Crippen molar-refractivity contribution >= 4 is 34.7 Å². The van der Waals surface area contributed by atoms with Crippen LogP contribution in [0.5, 0.6) is 0 Å². The van der Waals surface area contributed by atoms with E-state index < -0.39 is 12.1 Å². The summed E-state index contributed by atoms with van der Waals surface area (Å²) >= 11 is 1.67. The van der Waals surface area contributed by atoms with Crippen molar-refractivity contribution in [2.45, 2.75) is 49.5 Å². The molecular formula is C21H24F3N9O2S. The number of nitrogens with two attached hydrogens (primary N) is 1. The Kier molecular flexibility index (Phi) is 7.76. The van der Waals surface area contributed by atoms with E-state index in [1.54, 1.807) is 18.1 Å². The van der Waals surface area contributed by atoms with Gasteiger partial charge in [0.25, 0.3) is 0 Å². The van der Waals surface area contributed by atoms with E-state index in [4.69, 9.17) is 15.6 Å². The standard InChI is InChI=1S/C19H23N9S.C2HF3O2/c20-18-25-19(27-26-18)29-8-6-12-1-3-14(4-2-12)28-10-13(9-24-28)16-15-5-7-21-17(15)23-11-22-16;3-2(4,5)1(6)7/h5,7,9-12,14H,1-4,6,8H2,(H,21,22,23)(H3,20,25,26,27);(H,6,7). The van der Waals surface area contributed by atoms with Crippen LogP contribution in [0.25, 0.3) is 22.3 Å². The number of aliphatic carboxylic acids is 1. The number of nitrogens with zero attached hydrogens (tertiary/aromatic N) is 6. The normalized spacial score (nSPS) is 18.1. The second-order valence-corrected chi connectivity index (χ2v) is 9.35. The predicted octanol–water partition coefficient (Wildman–Crippen LogP) is 4.07. The number of anilines is 1. The molecule has 0 bridgehead atoms. The highest BCUT2D eigenvalue weighted by Gasteiger charge is 2.38. The van der Waals surface area contributed by atoms with Crippen LogP contribution < -0.4 is 5.73 Å². The Morgan fingerprint density at radius 1 is 1.25 bits per heavy atom. The summed E-state index contributed by atoms with van der Waals surface area (Å²) in [5.74, 6) is -0.594. The molecule has 0 amide bonds. The van der Waals surface area contributed by atoms with Gasteiger partial charge < -0.3 is 15.8 Å². The lowest BCUT2D eigenvalue weighted by molar-refractivity contribution is -0.192. The molecule has 192 valence electrons. The minimum atomic E-state index is -5.08. The Bertz CT molecular complexity index is 1300. The summed E-state index contributed by atoms with van der Waals surface area (Å²) in [5, 5.41) is 20.3. The summed E-state index contributed by atoms with van der Waals surface area (Å²) in [7, 11) is 0. The molecule has 0 saturated heterocycles. The first-order chi connectivity index (χ1) is 17.2. The number of halogens is 3. The first-order valence-electron chi connectivity index (χ1n) is 11.1. The Morgan fingerprint density at radius 2 is 2.00 bits per heavy atom. The number of H-pyrrole nitrogens is 2. The molecule has 0 spiro atoms. The maximum atomic E-state index is 10.6. The van der Waals surface area contributed by atoms with Gasteiger partial charge in [-0.15, -0.1) is 5.10 Å². The third-order valence-corrected chi connectivity index (χ3v) is 6.78. The zero-order chi connectivity index (χ0) is 25.7. The monoisotopic (exact) mass is 523 g/mol. The second kappa shape index (κ2) is 11.0. The van der Waals surface area contributed by atoms with Gasteiger partial charge in [-0.1, -0.05) is 11.8 Å². The fourth-order valence-electron chi connectivity index (χ4n) is 4.10. The highest BCUT2D eigenvalue weighted by molar-refractivity contribution is 7.99. The molecule has 15 heteroatoms. The van der Waals surface area contributed by atoms with E-state index in [2.05, 4.69) is 46.1 Å². The summed E-state index contributed by atoms with van der Waals surface area (Å²) in [6.07, 6.45) is 8.41. The number of carboxylic acid groups (broad SMARTS) is 1. The van der Waals surface area contributed by atoms with Crippen molar-refractivity contribution in [1.82, 2.24) is 39.9 Å². The molecule has 0 unspecified atom stereocenters. The highest BCUT2D eigenvalue weighted by Crippen LogP contribution is 2.35. The van der Waals surface area contributed by atoms with Gasteiger partial charge in [-0.2, -0.15) is 23.3 Å². The summed E-state index contributed by atoms with van der Waals surface area (Å²) in [5.41, 5.74) is 8.39. The number of aromatic amines is 2. The molecule has 4 aromatic heterocycles. The molecule has 0 atom stereocenters. The van der Waals surface area contributed by atoms with Crippen LogP contribution in [0, 0.1) is 5.92 Å². The van der Waals surface area contributed by atoms with Gasteiger partial charge in [-0.25, -0.2) is 19.9 Å². The maximum Gasteiger partial charge on any atom is 0.490 e. The summed E-state index contributed by atoms with van der Waals surface area (Å²) in [6.45, 7) is 0. The molecule has 1 saturated carbocycles. The molecule has 1 aliphatic rings. The van der Waals surface area contributed by atoms with Gasteiger partial charge in [0.05, 0.1) is 17.9 Å². The lowest BCUT2D eigenvalue weighted by atomic mass is 9.84. The quantitative estimate of drug-likeness (QED) is 0.273. The molecule has 36 heavy (non-hydrogen) atoms. The van der Waals surface area contributed by atoms with Gasteiger partial charge in [0, 0.05) is 29.1 Å². The van der Waals surface area contributed by atoms with E-state index in [0.717, 1.165) is 52.0 Å². The fraction of sp³-hybridized carbons (Fsp3) is 0.429. The Balaban J connectivity index is 0.000000384. The van der Waals surface area contributed by atoms with Crippen molar-refractivity contribution in [3.05, 3.63) is 31.0 Å². The number of alkyl halides is 3. The molecule has 11 nitrogen and oxygen atoms in total. The van der Waals surface area contributed by atoms with Crippen molar-refractivity contribution in [3.8, 4) is 11.3 Å². The second-order valence-electron chi connectivity index (χ2n) is 8.29. The highest BCUT2D eigenvalue weighted by atomic mass is 32.2. The molecule has 4 aromatic rings. The van der Waals surface area contributed by atoms with Crippen molar-refractivity contribution in [2.24, 2.45) is 5.92 Å². The van der Waals surface area contributed by atoms with E-state index in [9.17, 15) is 13.2 Å². The summed E-state index contributed by atoms with van der Waals surface area (Å²) < 4.78 is 33.9. The van der Waals surface area contributed by atoms with Crippen LogP contribution >= 0.6 is 11.8 Å². The van der Waals surface area contributed by atoms with Gasteiger partial charge in [-0.3, -0.25) is 4.68 Å². The average molecular weight is 524 g/mol. The van der Waals surface area contributed by atoms with Crippen molar-refractivity contribution in [1.29, 1.82) is 0 Å². The number of fused-ring (bicyclic) bond motifs is 1. The molecule has 5 N–H and O–H groups in total. The van der Waals surface area contributed by atoms with Crippen LogP contribution in [-0.4, -0.2) is 62.9 Å². The topological polar surface area (TPSA) is 164 Å². The number of nitrogens with one attached hydrogen (secondary N) is 2. The lowest BCUT2D eigenvalue weighted by Crippen LogP contribution is -2.21. The van der Waals surface area contributed by atoms with Crippen LogP contribution in [0.2, 0.25) is 0 Å². The molecule has 0 aliphatic heterocycles. The third kappa shape index (κ3) is 6.33. The van der Waals surface area contributed by atoms with Crippen LogP contribution in [0.1, 0.15) is 38.1 Å². The number of thioether (sulfide) groups is 1. The zero-order valence-corrected chi connectivity index (χ0v) is 19.8. The molecule has 0 aromatic carbocycles. The Labute approximate surface area is 207 Å². The maximum absolute atomic E-state index is 10.6. The minimum absolute atomic E-state index is 0.380. The molecule has 0 radical (unpaired) electrons. The Morgan fingerprint density at radius 3 is 2.67 bits per heavy atom. The van der Waals surface area contributed by atoms with E-state index in [1.807, 2.05) is 18.5 Å². The molecule has 1 fully saturated rings. The Hall–Kier alpha value is -3.62. The van der Waals surface area contributed by atoms with Crippen LogP contribution in [0.15, 0.2) is 36.1 Å². The average Bonchev–Trinajstić information content (AvgIpc) is 3.60. The summed E-state index contributed by atoms with van der Waals surface area (Å²) in [6, 6.07) is 2.47. The molecular weight excluding hydrogens is 499 g/mol. The van der Waals surface area contributed by atoms with E-state index in [-0.39, 0.29) is 0 Å². The number of hydrogen-bond acceptors (Lipinski definition) is 8. The zero-order valence-electron chi connectivity index (χ0n) is 18.9. The van der Waals surface area contributed by atoms with Crippen LogP contribution in [-0.2, 0) is 4.79 Å². The number of carbonyl (C=O) groups is 1. The molecule has 4 heterocycles. The van der Waals surface area contributed by atoms with Gasteiger partial charge in [0.2, 0.25) is 11.1 Å². The predicted molar refractivity (Wildman–Crippen MR) is 126 cm³/mol. The van der Waals surface area contributed by atoms with Gasteiger partial charge in [0.15, 0.2) is 0 Å². The van der Waals surface area contributed by atoms with Crippen molar-refractivity contribution in [2.75, 3.05) is 11.5 Å². The SMILES string of the molecule is Nc1nc(SCCC2CCC(n3cc(-c4ncnc5[nH]ccc45)cn3)CC2)n[nH]1.O=C(O)C(F)(F)F. The van der Waals surface area contributed by atoms with E-state index in [1.165, 1.54) is 19.3 Å². The first-order valence-corrected chi connectivity index (χ1v) is 12.1. The van der Waals surface area contributed by atoms with Gasteiger partial charge in [-0.05, 0) is 44.1 Å². The number of rotatable bonds is 6. The van der Waals surface area contributed by atoms with Crippen molar-refractivity contribution < 1.29 is 23.1 Å². The number of aromatic nitrogens is 8.